The predicted octanol–water partition coefficient (Wildman–Crippen LogP) is 1.37. The van der Waals surface area contributed by atoms with Gasteiger partial charge in [0.25, 0.3) is 5.56 Å². The molecule has 3 N–H and O–H groups in total. The molecule has 7 heteroatoms. The van der Waals surface area contributed by atoms with Gasteiger partial charge < -0.3 is 20.1 Å². The Kier molecular flexibility index (Phi) is 4.26. The summed E-state index contributed by atoms with van der Waals surface area (Å²) < 4.78 is 5.05. The van der Waals surface area contributed by atoms with Crippen molar-refractivity contribution in [2.24, 2.45) is 0 Å². The average Bonchev–Trinajstić information content (AvgIpc) is 2.39. The molecule has 0 amide bonds. The molecule has 1 aliphatic rings. The van der Waals surface area contributed by atoms with E-state index in [2.05, 4.69) is 15.3 Å². The normalized spacial score (nSPS) is 17.4. The molecule has 1 fully saturated rings. The number of carboxylic acid groups (broad SMARTS) is 1. The minimum absolute atomic E-state index is 0.00460. The number of nitrogens with one attached hydrogen (secondary N) is 2. The number of ether oxygens (including phenoxy) is 1. The van der Waals surface area contributed by atoms with Crippen LogP contribution in [0.4, 0.5) is 5.82 Å². The molecule has 110 valence electrons. The molecular formula is C13H19N3O4. The van der Waals surface area contributed by atoms with Crippen LogP contribution < -0.4 is 15.6 Å². The molecule has 0 radical (unpaired) electrons. The van der Waals surface area contributed by atoms with Crippen LogP contribution in [0.5, 0.6) is 5.75 Å². The average molecular weight is 281 g/mol. The Hall–Kier alpha value is -2.05. The Morgan fingerprint density at radius 3 is 2.80 bits per heavy atom. The molecule has 0 unspecified atom stereocenters. The second-order valence-corrected chi connectivity index (χ2v) is 5.15. The quantitative estimate of drug-likeness (QED) is 0.753. The molecule has 20 heavy (non-hydrogen) atoms. The number of rotatable bonds is 5. The number of anilines is 1. The lowest BCUT2D eigenvalue weighted by Gasteiger charge is -2.37. The summed E-state index contributed by atoms with van der Waals surface area (Å²) in [6.07, 6.45) is 5.81. The number of nitrogens with zero attached hydrogens (tertiary/aromatic N) is 1. The lowest BCUT2D eigenvalue weighted by molar-refractivity contribution is -0.138. The van der Waals surface area contributed by atoms with Crippen LogP contribution >= 0.6 is 0 Å². The van der Waals surface area contributed by atoms with Gasteiger partial charge in [0.2, 0.25) is 5.75 Å². The zero-order chi connectivity index (χ0) is 14.6. The molecule has 7 nitrogen and oxygen atoms in total. The third-order valence-corrected chi connectivity index (χ3v) is 3.70. The molecule has 2 rings (SSSR count). The van der Waals surface area contributed by atoms with Crippen LogP contribution in [0.25, 0.3) is 0 Å². The van der Waals surface area contributed by atoms with Crippen molar-refractivity contribution < 1.29 is 14.6 Å². The van der Waals surface area contributed by atoms with Gasteiger partial charge in [-0.15, -0.1) is 0 Å². The summed E-state index contributed by atoms with van der Waals surface area (Å²) in [5, 5.41) is 12.3. The Bertz CT molecular complexity index is 535. The maximum atomic E-state index is 11.7. The zero-order valence-corrected chi connectivity index (χ0v) is 11.4. The number of hydrogen-bond acceptors (Lipinski definition) is 5. The Morgan fingerprint density at radius 1 is 1.50 bits per heavy atom. The van der Waals surface area contributed by atoms with Crippen molar-refractivity contribution >= 4 is 11.8 Å². The summed E-state index contributed by atoms with van der Waals surface area (Å²) in [6, 6.07) is 0. The van der Waals surface area contributed by atoms with Gasteiger partial charge in [-0.25, -0.2) is 4.98 Å². The first-order valence-electron chi connectivity index (χ1n) is 6.68. The van der Waals surface area contributed by atoms with Crippen molar-refractivity contribution in [1.82, 2.24) is 9.97 Å². The largest absolute Gasteiger partial charge is 0.489 e. The van der Waals surface area contributed by atoms with Gasteiger partial charge in [-0.1, -0.05) is 19.3 Å². The Morgan fingerprint density at radius 2 is 2.20 bits per heavy atom. The summed E-state index contributed by atoms with van der Waals surface area (Å²) >= 11 is 0. The number of carboxylic acids is 1. The van der Waals surface area contributed by atoms with E-state index in [0.29, 0.717) is 5.82 Å². The van der Waals surface area contributed by atoms with E-state index < -0.39 is 11.5 Å². The number of aliphatic carboxylic acids is 1. The van der Waals surface area contributed by atoms with E-state index in [9.17, 15) is 9.59 Å². The second kappa shape index (κ2) is 5.94. The summed E-state index contributed by atoms with van der Waals surface area (Å²) in [4.78, 5) is 29.3. The van der Waals surface area contributed by atoms with Crippen LogP contribution in [-0.4, -0.2) is 33.7 Å². The van der Waals surface area contributed by atoms with Crippen molar-refractivity contribution in [3.8, 4) is 5.75 Å². The number of aromatic amines is 1. The predicted molar refractivity (Wildman–Crippen MR) is 73.1 cm³/mol. The van der Waals surface area contributed by atoms with E-state index in [1.807, 2.05) is 0 Å². The summed E-state index contributed by atoms with van der Waals surface area (Å²) in [6.45, 7) is 0. The number of methoxy groups -OCH3 is 1. The fourth-order valence-electron chi connectivity index (χ4n) is 2.78. The molecule has 1 aromatic heterocycles. The van der Waals surface area contributed by atoms with Gasteiger partial charge in [0.1, 0.15) is 0 Å². The third kappa shape index (κ3) is 3.09. The van der Waals surface area contributed by atoms with Gasteiger partial charge in [-0.3, -0.25) is 9.59 Å². The second-order valence-electron chi connectivity index (χ2n) is 5.15. The monoisotopic (exact) mass is 281 g/mol. The number of hydrogen-bond donors (Lipinski definition) is 3. The van der Waals surface area contributed by atoms with Gasteiger partial charge in [0, 0.05) is 5.54 Å². The first-order valence-corrected chi connectivity index (χ1v) is 6.68. The van der Waals surface area contributed by atoms with Crippen molar-refractivity contribution in [3.05, 3.63) is 16.7 Å². The van der Waals surface area contributed by atoms with Crippen LogP contribution in [0.1, 0.15) is 38.5 Å². The fraction of sp³-hybridized carbons (Fsp3) is 0.615. The van der Waals surface area contributed by atoms with E-state index >= 15 is 0 Å². The fourth-order valence-corrected chi connectivity index (χ4v) is 2.78. The number of aromatic nitrogens is 2. The maximum Gasteiger partial charge on any atom is 0.305 e. The van der Waals surface area contributed by atoms with Crippen LogP contribution in [0.15, 0.2) is 11.1 Å². The highest BCUT2D eigenvalue weighted by atomic mass is 16.5. The molecule has 0 spiro atoms. The highest BCUT2D eigenvalue weighted by Gasteiger charge is 2.35. The minimum atomic E-state index is -0.858. The first-order chi connectivity index (χ1) is 9.56. The Balaban J connectivity index is 2.30. The summed E-state index contributed by atoms with van der Waals surface area (Å²) in [5.74, 6) is -0.467. The molecule has 0 aliphatic heterocycles. The zero-order valence-electron chi connectivity index (χ0n) is 11.4. The van der Waals surface area contributed by atoms with Crippen molar-refractivity contribution in [3.63, 3.8) is 0 Å². The molecule has 0 bridgehead atoms. The van der Waals surface area contributed by atoms with E-state index in [4.69, 9.17) is 9.84 Å². The molecule has 1 aromatic rings. The van der Waals surface area contributed by atoms with Crippen LogP contribution in [0.2, 0.25) is 0 Å². The molecular weight excluding hydrogens is 262 g/mol. The maximum absolute atomic E-state index is 11.7. The molecule has 0 aromatic carbocycles. The summed E-state index contributed by atoms with van der Waals surface area (Å²) in [5.41, 5.74) is -0.940. The van der Waals surface area contributed by atoms with E-state index in [-0.39, 0.29) is 17.7 Å². The smallest absolute Gasteiger partial charge is 0.305 e. The lowest BCUT2D eigenvalue weighted by atomic mass is 9.79. The molecule has 1 saturated carbocycles. The van der Waals surface area contributed by atoms with Crippen LogP contribution in [0.3, 0.4) is 0 Å². The molecule has 0 atom stereocenters. The SMILES string of the molecule is COc1c(NC2(CC(=O)O)CCCCC2)nc[nH]c1=O. The van der Waals surface area contributed by atoms with Gasteiger partial charge in [-0.05, 0) is 12.8 Å². The summed E-state index contributed by atoms with van der Waals surface area (Å²) in [7, 11) is 1.39. The first kappa shape index (κ1) is 14.4. The van der Waals surface area contributed by atoms with Crippen molar-refractivity contribution in [2.45, 2.75) is 44.1 Å². The lowest BCUT2D eigenvalue weighted by Crippen LogP contribution is -2.43. The Labute approximate surface area is 116 Å². The highest BCUT2D eigenvalue weighted by Crippen LogP contribution is 2.35. The van der Waals surface area contributed by atoms with Crippen LogP contribution in [-0.2, 0) is 4.79 Å². The van der Waals surface area contributed by atoms with E-state index in [1.165, 1.54) is 13.4 Å². The molecule has 0 saturated heterocycles. The van der Waals surface area contributed by atoms with Gasteiger partial charge >= 0.3 is 5.97 Å². The van der Waals surface area contributed by atoms with Crippen molar-refractivity contribution in [1.29, 1.82) is 0 Å². The standard InChI is InChI=1S/C13H19N3O4/c1-20-10-11(14-8-15-12(10)19)16-13(7-9(17)18)5-3-2-4-6-13/h8H,2-7H2,1H3,(H,17,18)(H2,14,15,16,19). The minimum Gasteiger partial charge on any atom is -0.489 e. The van der Waals surface area contributed by atoms with Crippen LogP contribution in [0, 0.1) is 0 Å². The van der Waals surface area contributed by atoms with E-state index in [1.54, 1.807) is 0 Å². The van der Waals surface area contributed by atoms with Crippen molar-refractivity contribution in [2.75, 3.05) is 12.4 Å². The van der Waals surface area contributed by atoms with E-state index in [0.717, 1.165) is 32.1 Å². The van der Waals surface area contributed by atoms with Gasteiger partial charge in [-0.2, -0.15) is 0 Å². The third-order valence-electron chi connectivity index (χ3n) is 3.70. The van der Waals surface area contributed by atoms with Gasteiger partial charge in [0.05, 0.1) is 19.9 Å². The highest BCUT2D eigenvalue weighted by molar-refractivity contribution is 5.69. The van der Waals surface area contributed by atoms with Gasteiger partial charge in [0.15, 0.2) is 5.82 Å². The number of carbonyl (C=O) groups is 1. The number of H-pyrrole nitrogens is 1. The molecule has 1 aliphatic carbocycles. The molecule has 1 heterocycles. The topological polar surface area (TPSA) is 104 Å².